The Morgan fingerprint density at radius 1 is 1.29 bits per heavy atom. The molecule has 1 amide bonds. The lowest BCUT2D eigenvalue weighted by molar-refractivity contribution is 0.0695. The molecule has 0 aromatic heterocycles. The third-order valence-electron chi connectivity index (χ3n) is 4.11. The average Bonchev–Trinajstić information content (AvgIpc) is 2.52. The second-order valence-electron chi connectivity index (χ2n) is 6.44. The summed E-state index contributed by atoms with van der Waals surface area (Å²) in [6.45, 7) is 4.91. The van der Waals surface area contributed by atoms with E-state index in [4.69, 9.17) is 4.74 Å². The molecule has 3 heteroatoms. The van der Waals surface area contributed by atoms with E-state index < -0.39 is 0 Å². The Kier molecular flexibility index (Phi) is 5.66. The maximum Gasteiger partial charge on any atom is 0.253 e. The minimum absolute atomic E-state index is 0.108. The van der Waals surface area contributed by atoms with Crippen LogP contribution < -0.4 is 4.74 Å². The van der Waals surface area contributed by atoms with Gasteiger partial charge in [-0.05, 0) is 37.0 Å². The van der Waals surface area contributed by atoms with Gasteiger partial charge in [-0.2, -0.15) is 0 Å². The number of amides is 1. The average molecular weight is 289 g/mol. The lowest BCUT2D eigenvalue weighted by Gasteiger charge is -2.31. The van der Waals surface area contributed by atoms with Gasteiger partial charge in [-0.15, -0.1) is 0 Å². The highest BCUT2D eigenvalue weighted by atomic mass is 16.5. The van der Waals surface area contributed by atoms with Crippen molar-refractivity contribution in [3.63, 3.8) is 0 Å². The van der Waals surface area contributed by atoms with Crippen LogP contribution in [0.2, 0.25) is 0 Å². The maximum absolute atomic E-state index is 12.6. The molecule has 1 aliphatic rings. The van der Waals surface area contributed by atoms with Crippen molar-refractivity contribution < 1.29 is 9.53 Å². The number of carbonyl (C=O) groups is 1. The molecular weight excluding hydrogens is 262 g/mol. The van der Waals surface area contributed by atoms with E-state index in [1.807, 2.05) is 36.2 Å². The summed E-state index contributed by atoms with van der Waals surface area (Å²) in [4.78, 5) is 14.5. The van der Waals surface area contributed by atoms with Crippen LogP contribution >= 0.6 is 0 Å². The Morgan fingerprint density at radius 3 is 2.67 bits per heavy atom. The van der Waals surface area contributed by atoms with Crippen molar-refractivity contribution in [2.45, 2.75) is 52.0 Å². The zero-order valence-electron chi connectivity index (χ0n) is 13.5. The summed E-state index contributed by atoms with van der Waals surface area (Å²) in [5.74, 6) is 1.37. The van der Waals surface area contributed by atoms with Crippen LogP contribution in [0.15, 0.2) is 24.3 Å². The highest BCUT2D eigenvalue weighted by Gasteiger charge is 2.23. The van der Waals surface area contributed by atoms with Gasteiger partial charge in [0, 0.05) is 18.7 Å². The number of hydrogen-bond donors (Lipinski definition) is 0. The molecule has 0 spiro atoms. The van der Waals surface area contributed by atoms with Gasteiger partial charge in [0.05, 0.1) is 6.61 Å². The van der Waals surface area contributed by atoms with E-state index in [0.29, 0.717) is 18.6 Å². The summed E-state index contributed by atoms with van der Waals surface area (Å²) < 4.78 is 5.71. The molecule has 1 aromatic rings. The molecule has 0 bridgehead atoms. The van der Waals surface area contributed by atoms with E-state index in [9.17, 15) is 4.79 Å². The maximum atomic E-state index is 12.6. The van der Waals surface area contributed by atoms with Crippen LogP contribution in [0.5, 0.6) is 5.75 Å². The Bertz CT molecular complexity index is 464. The molecule has 1 aromatic carbocycles. The van der Waals surface area contributed by atoms with Crippen molar-refractivity contribution in [2.75, 3.05) is 13.7 Å². The van der Waals surface area contributed by atoms with Crippen LogP contribution in [0, 0.1) is 5.92 Å². The number of benzene rings is 1. The molecule has 21 heavy (non-hydrogen) atoms. The molecule has 3 nitrogen and oxygen atoms in total. The van der Waals surface area contributed by atoms with Gasteiger partial charge in [0.2, 0.25) is 0 Å². The van der Waals surface area contributed by atoms with Crippen LogP contribution in [-0.4, -0.2) is 30.5 Å². The van der Waals surface area contributed by atoms with E-state index >= 15 is 0 Å². The first-order valence-corrected chi connectivity index (χ1v) is 8.08. The minimum Gasteiger partial charge on any atom is -0.493 e. The molecule has 0 radical (unpaired) electrons. The van der Waals surface area contributed by atoms with Gasteiger partial charge in [0.25, 0.3) is 5.91 Å². The van der Waals surface area contributed by atoms with Crippen LogP contribution in [0.1, 0.15) is 56.3 Å². The van der Waals surface area contributed by atoms with Crippen LogP contribution in [0.4, 0.5) is 0 Å². The first kappa shape index (κ1) is 15.9. The van der Waals surface area contributed by atoms with Crippen LogP contribution in [-0.2, 0) is 0 Å². The molecule has 2 rings (SSSR count). The zero-order chi connectivity index (χ0) is 15.2. The van der Waals surface area contributed by atoms with Crippen molar-refractivity contribution in [1.82, 2.24) is 4.90 Å². The minimum atomic E-state index is 0.108. The van der Waals surface area contributed by atoms with Gasteiger partial charge in [-0.25, -0.2) is 0 Å². The lowest BCUT2D eigenvalue weighted by atomic mass is 9.94. The molecule has 0 heterocycles. The van der Waals surface area contributed by atoms with Crippen LogP contribution in [0.25, 0.3) is 0 Å². The summed E-state index contributed by atoms with van der Waals surface area (Å²) in [5, 5.41) is 0. The third kappa shape index (κ3) is 4.48. The standard InChI is InChI=1S/C18H27NO2/c1-14(2)13-21-17-11-7-8-15(12-17)18(20)19(3)16-9-5-4-6-10-16/h7-8,11-12,14,16H,4-6,9-10,13H2,1-3H3. The van der Waals surface area contributed by atoms with Gasteiger partial charge in [-0.3, -0.25) is 4.79 Å². The highest BCUT2D eigenvalue weighted by Crippen LogP contribution is 2.23. The Hall–Kier alpha value is -1.51. The highest BCUT2D eigenvalue weighted by molar-refractivity contribution is 5.94. The van der Waals surface area contributed by atoms with Crippen molar-refractivity contribution >= 4 is 5.91 Å². The molecule has 0 atom stereocenters. The summed E-state index contributed by atoms with van der Waals surface area (Å²) in [6.07, 6.45) is 6.04. The number of nitrogens with zero attached hydrogens (tertiary/aromatic N) is 1. The second kappa shape index (κ2) is 7.48. The van der Waals surface area contributed by atoms with Crippen LogP contribution in [0.3, 0.4) is 0 Å². The molecule has 0 aliphatic heterocycles. The van der Waals surface area contributed by atoms with Gasteiger partial charge in [-0.1, -0.05) is 39.2 Å². The van der Waals surface area contributed by atoms with Crippen molar-refractivity contribution in [1.29, 1.82) is 0 Å². The fraction of sp³-hybridized carbons (Fsp3) is 0.611. The molecule has 116 valence electrons. The van der Waals surface area contributed by atoms with Gasteiger partial charge in [0.1, 0.15) is 5.75 Å². The van der Waals surface area contributed by atoms with E-state index in [2.05, 4.69) is 13.8 Å². The van der Waals surface area contributed by atoms with E-state index in [1.165, 1.54) is 19.3 Å². The summed E-state index contributed by atoms with van der Waals surface area (Å²) in [6, 6.07) is 7.96. The van der Waals surface area contributed by atoms with Crippen molar-refractivity contribution in [2.24, 2.45) is 5.92 Å². The molecule has 0 unspecified atom stereocenters. The van der Waals surface area contributed by atoms with Gasteiger partial charge < -0.3 is 9.64 Å². The smallest absolute Gasteiger partial charge is 0.253 e. The largest absolute Gasteiger partial charge is 0.493 e. The van der Waals surface area contributed by atoms with Gasteiger partial charge >= 0.3 is 0 Å². The van der Waals surface area contributed by atoms with E-state index in [-0.39, 0.29) is 5.91 Å². The number of rotatable bonds is 5. The Morgan fingerprint density at radius 2 is 2.00 bits per heavy atom. The Labute approximate surface area is 128 Å². The summed E-state index contributed by atoms with van der Waals surface area (Å²) in [5.41, 5.74) is 0.726. The normalized spacial score (nSPS) is 16.0. The van der Waals surface area contributed by atoms with E-state index in [1.54, 1.807) is 0 Å². The third-order valence-corrected chi connectivity index (χ3v) is 4.11. The molecule has 0 saturated heterocycles. The SMILES string of the molecule is CC(C)COc1cccc(C(=O)N(C)C2CCCCC2)c1. The topological polar surface area (TPSA) is 29.5 Å². The zero-order valence-corrected chi connectivity index (χ0v) is 13.5. The predicted octanol–water partition coefficient (Wildman–Crippen LogP) is 4.13. The number of hydrogen-bond acceptors (Lipinski definition) is 2. The summed E-state index contributed by atoms with van der Waals surface area (Å²) >= 11 is 0. The monoisotopic (exact) mass is 289 g/mol. The number of ether oxygens (including phenoxy) is 1. The van der Waals surface area contributed by atoms with Crippen molar-refractivity contribution in [3.8, 4) is 5.75 Å². The number of carbonyl (C=O) groups excluding carboxylic acids is 1. The molecule has 0 N–H and O–H groups in total. The molecular formula is C18H27NO2. The molecule has 1 fully saturated rings. The van der Waals surface area contributed by atoms with Gasteiger partial charge in [0.15, 0.2) is 0 Å². The quantitative estimate of drug-likeness (QED) is 0.816. The second-order valence-corrected chi connectivity index (χ2v) is 6.44. The van der Waals surface area contributed by atoms with Crippen molar-refractivity contribution in [3.05, 3.63) is 29.8 Å². The Balaban J connectivity index is 2.02. The first-order valence-electron chi connectivity index (χ1n) is 8.08. The molecule has 1 aliphatic carbocycles. The fourth-order valence-corrected chi connectivity index (χ4v) is 2.82. The first-order chi connectivity index (χ1) is 10.1. The predicted molar refractivity (Wildman–Crippen MR) is 85.7 cm³/mol. The fourth-order valence-electron chi connectivity index (χ4n) is 2.82. The lowest BCUT2D eigenvalue weighted by Crippen LogP contribution is -2.38. The summed E-state index contributed by atoms with van der Waals surface area (Å²) in [7, 11) is 1.93. The molecule has 1 saturated carbocycles. The van der Waals surface area contributed by atoms with E-state index in [0.717, 1.165) is 24.2 Å².